The van der Waals surface area contributed by atoms with Crippen LogP contribution in [0, 0.1) is 5.92 Å². The Hall–Kier alpha value is -2.07. The number of aliphatic hydroxyl groups excluding tert-OH is 2. The average Bonchev–Trinajstić information content (AvgIpc) is 3.03. The van der Waals surface area contributed by atoms with Crippen molar-refractivity contribution in [2.24, 2.45) is 5.92 Å². The Bertz CT molecular complexity index is 955. The summed E-state index contributed by atoms with van der Waals surface area (Å²) < 4.78 is 26.0. The molecule has 0 aliphatic rings. The van der Waals surface area contributed by atoms with Crippen LogP contribution in [0.25, 0.3) is 0 Å². The van der Waals surface area contributed by atoms with Crippen LogP contribution in [0.3, 0.4) is 0 Å². The first kappa shape index (κ1) is 44.9. The fourth-order valence-corrected chi connectivity index (χ4v) is 4.85. The number of hydrogen-bond donors (Lipinski definition) is 4. The second kappa shape index (κ2) is 30.0. The lowest BCUT2D eigenvalue weighted by Crippen LogP contribution is -2.30. The quantitative estimate of drug-likeness (QED) is 0.0254. The summed E-state index contributed by atoms with van der Waals surface area (Å²) in [6.07, 6.45) is 26.1. The van der Waals surface area contributed by atoms with Gasteiger partial charge in [-0.05, 0) is 57.3 Å². The van der Waals surface area contributed by atoms with Gasteiger partial charge in [0, 0.05) is 12.8 Å². The Morgan fingerprint density at radius 1 is 0.681 bits per heavy atom. The zero-order valence-electron chi connectivity index (χ0n) is 29.0. The maximum Gasteiger partial charge on any atom is 0.469 e. The fraction of sp³-hybridized carbons (Fsp3) is 0.722. The molecule has 0 radical (unpaired) electrons. The lowest BCUT2D eigenvalue weighted by molar-refractivity contribution is -0.161. The zero-order chi connectivity index (χ0) is 35.2. The summed E-state index contributed by atoms with van der Waals surface area (Å²) >= 11 is 0. The highest BCUT2D eigenvalue weighted by molar-refractivity contribution is 7.46. The van der Waals surface area contributed by atoms with Crippen molar-refractivity contribution in [3.8, 4) is 0 Å². The first-order valence-corrected chi connectivity index (χ1v) is 19.0. The van der Waals surface area contributed by atoms with E-state index in [4.69, 9.17) is 19.3 Å². The predicted molar refractivity (Wildman–Crippen MR) is 186 cm³/mol. The minimum Gasteiger partial charge on any atom is -0.462 e. The van der Waals surface area contributed by atoms with Gasteiger partial charge in [0.25, 0.3) is 0 Å². The molecule has 0 spiro atoms. The van der Waals surface area contributed by atoms with Crippen molar-refractivity contribution in [3.05, 3.63) is 48.6 Å². The van der Waals surface area contributed by atoms with Gasteiger partial charge in [-0.1, -0.05) is 114 Å². The third kappa shape index (κ3) is 31.0. The molecule has 0 amide bonds. The maximum absolute atomic E-state index is 12.4. The molecular weight excluding hydrogens is 623 g/mol. The number of carbonyl (C=O) groups excluding carboxylic acids is 2. The number of hydrogen-bond acceptors (Lipinski definition) is 8. The van der Waals surface area contributed by atoms with Gasteiger partial charge in [0.1, 0.15) is 6.61 Å². The molecule has 4 N–H and O–H groups in total. The Labute approximate surface area is 283 Å². The van der Waals surface area contributed by atoms with Gasteiger partial charge in [-0.3, -0.25) is 14.1 Å². The topological polar surface area (TPSA) is 160 Å². The predicted octanol–water partition coefficient (Wildman–Crippen LogP) is 7.80. The van der Waals surface area contributed by atoms with E-state index in [0.29, 0.717) is 6.42 Å². The molecule has 10 nitrogen and oxygen atoms in total. The molecule has 0 aromatic rings. The van der Waals surface area contributed by atoms with Crippen LogP contribution in [0.1, 0.15) is 130 Å². The van der Waals surface area contributed by atoms with Gasteiger partial charge in [-0.15, -0.1) is 0 Å². The Balaban J connectivity index is 4.32. The van der Waals surface area contributed by atoms with E-state index in [-0.39, 0.29) is 32.1 Å². The summed E-state index contributed by atoms with van der Waals surface area (Å²) in [6.45, 7) is 5.54. The van der Waals surface area contributed by atoms with Gasteiger partial charge < -0.3 is 29.5 Å². The number of ether oxygens (including phenoxy) is 2. The third-order valence-corrected chi connectivity index (χ3v) is 8.09. The average molecular weight is 687 g/mol. The van der Waals surface area contributed by atoms with E-state index in [0.717, 1.165) is 50.9 Å². The number of rotatable bonds is 30. The highest BCUT2D eigenvalue weighted by atomic mass is 31.2. The summed E-state index contributed by atoms with van der Waals surface area (Å²) in [5, 5.41) is 20.5. The molecule has 0 aromatic heterocycles. The van der Waals surface area contributed by atoms with Crippen molar-refractivity contribution in [1.82, 2.24) is 0 Å². The van der Waals surface area contributed by atoms with Crippen molar-refractivity contribution in [2.45, 2.75) is 148 Å². The molecule has 0 aliphatic carbocycles. The molecule has 0 saturated heterocycles. The molecule has 0 fully saturated rings. The molecule has 0 aliphatic heterocycles. The molecule has 0 saturated carbocycles. The summed E-state index contributed by atoms with van der Waals surface area (Å²) in [5.74, 6) is -0.418. The van der Waals surface area contributed by atoms with Crippen LogP contribution >= 0.6 is 7.82 Å². The first-order chi connectivity index (χ1) is 22.5. The zero-order valence-corrected chi connectivity index (χ0v) is 29.9. The largest absolute Gasteiger partial charge is 0.469 e. The normalized spacial score (nSPS) is 15.1. The minimum absolute atomic E-state index is 0.106. The second-order valence-electron chi connectivity index (χ2n) is 12.0. The third-order valence-electron chi connectivity index (χ3n) is 7.60. The van der Waals surface area contributed by atoms with Crippen LogP contribution in [0.4, 0.5) is 0 Å². The molecule has 0 rings (SSSR count). The molecule has 0 aromatic carbocycles. The van der Waals surface area contributed by atoms with Gasteiger partial charge in [0.2, 0.25) is 0 Å². The van der Waals surface area contributed by atoms with Gasteiger partial charge in [-0.25, -0.2) is 4.57 Å². The van der Waals surface area contributed by atoms with Crippen LogP contribution in [0.2, 0.25) is 0 Å². The summed E-state index contributed by atoms with van der Waals surface area (Å²) in [7, 11) is -4.83. The van der Waals surface area contributed by atoms with Crippen molar-refractivity contribution in [3.63, 3.8) is 0 Å². The molecule has 4 atom stereocenters. The van der Waals surface area contributed by atoms with E-state index in [1.165, 1.54) is 25.7 Å². The SMILES string of the molecule is CC/C=C\C/C=C\C/C=C\C/C=C\C[C@@H](O)[C@H](O)CCCC(=O)O[C@H](COC(=O)CCCCCCCCC(C)CC)COP(=O)(O)O. The number of allylic oxidation sites excluding steroid dienone is 7. The van der Waals surface area contributed by atoms with E-state index in [1.54, 1.807) is 6.08 Å². The number of esters is 2. The molecule has 47 heavy (non-hydrogen) atoms. The van der Waals surface area contributed by atoms with Crippen LogP contribution < -0.4 is 0 Å². The van der Waals surface area contributed by atoms with Crippen LogP contribution in [0.5, 0.6) is 0 Å². The van der Waals surface area contributed by atoms with Crippen molar-refractivity contribution >= 4 is 19.8 Å². The summed E-state index contributed by atoms with van der Waals surface area (Å²) in [4.78, 5) is 42.6. The minimum atomic E-state index is -4.83. The lowest BCUT2D eigenvalue weighted by Gasteiger charge is -2.19. The summed E-state index contributed by atoms with van der Waals surface area (Å²) in [6, 6.07) is 0. The molecule has 0 heterocycles. The number of unbranched alkanes of at least 4 members (excludes halogenated alkanes) is 5. The molecule has 0 bridgehead atoms. The number of aliphatic hydroxyl groups is 2. The first-order valence-electron chi connectivity index (χ1n) is 17.5. The van der Waals surface area contributed by atoms with E-state index < -0.39 is 51.3 Å². The molecule has 272 valence electrons. The van der Waals surface area contributed by atoms with Crippen molar-refractivity contribution in [2.75, 3.05) is 13.2 Å². The van der Waals surface area contributed by atoms with Gasteiger partial charge in [0.05, 0.1) is 18.8 Å². The monoisotopic (exact) mass is 686 g/mol. The smallest absolute Gasteiger partial charge is 0.462 e. The summed E-state index contributed by atoms with van der Waals surface area (Å²) in [5.41, 5.74) is 0. The van der Waals surface area contributed by atoms with Crippen molar-refractivity contribution < 1.29 is 48.2 Å². The molecule has 1 unspecified atom stereocenters. The lowest BCUT2D eigenvalue weighted by atomic mass is 10.00. The van der Waals surface area contributed by atoms with Crippen LogP contribution in [-0.2, 0) is 28.2 Å². The highest BCUT2D eigenvalue weighted by Crippen LogP contribution is 2.36. The van der Waals surface area contributed by atoms with E-state index in [9.17, 15) is 24.4 Å². The van der Waals surface area contributed by atoms with Gasteiger partial charge in [0.15, 0.2) is 6.10 Å². The molecular formula is C36H63O10P. The van der Waals surface area contributed by atoms with Gasteiger partial charge >= 0.3 is 19.8 Å². The Kier molecular flexibility index (Phi) is 28.7. The number of phosphoric acid groups is 1. The van der Waals surface area contributed by atoms with E-state index >= 15 is 0 Å². The van der Waals surface area contributed by atoms with Crippen molar-refractivity contribution in [1.29, 1.82) is 0 Å². The Morgan fingerprint density at radius 2 is 1.23 bits per heavy atom. The standard InChI is InChI=1S/C36H63O10P/c1-4-6-7-8-9-10-11-12-13-14-18-21-25-33(37)34(38)26-23-28-36(40)46-32(30-45-47(41,42)43)29-44-35(39)27-22-19-16-15-17-20-24-31(3)5-2/h6-7,9-10,12-13,18,21,31-34,37-38H,4-5,8,11,14-17,19-20,22-30H2,1-3H3,(H2,41,42,43)/b7-6-,10-9-,13-12-,21-18-/t31?,32-,33-,34-/m1/s1. The van der Waals surface area contributed by atoms with Crippen LogP contribution in [0.15, 0.2) is 48.6 Å². The maximum atomic E-state index is 12.4. The molecule has 11 heteroatoms. The Morgan fingerprint density at radius 3 is 1.83 bits per heavy atom. The second-order valence-corrected chi connectivity index (χ2v) is 13.3. The van der Waals surface area contributed by atoms with E-state index in [2.05, 4.69) is 55.7 Å². The number of phosphoric ester groups is 1. The van der Waals surface area contributed by atoms with E-state index in [1.807, 2.05) is 12.2 Å². The highest BCUT2D eigenvalue weighted by Gasteiger charge is 2.23. The van der Waals surface area contributed by atoms with Crippen LogP contribution in [-0.4, -0.2) is 63.5 Å². The number of carbonyl (C=O) groups is 2. The fourth-order valence-electron chi connectivity index (χ4n) is 4.49. The van der Waals surface area contributed by atoms with Gasteiger partial charge in [-0.2, -0.15) is 0 Å².